The van der Waals surface area contributed by atoms with Crippen LogP contribution in [0.1, 0.15) is 18.1 Å². The molecule has 1 fully saturated rings. The normalized spacial score (nSPS) is 18.8. The van der Waals surface area contributed by atoms with Crippen LogP contribution in [0.3, 0.4) is 0 Å². The van der Waals surface area contributed by atoms with Gasteiger partial charge in [-0.15, -0.1) is 0 Å². The summed E-state index contributed by atoms with van der Waals surface area (Å²) in [4.78, 5) is 15.9. The van der Waals surface area contributed by atoms with Gasteiger partial charge in [0.05, 0.1) is 24.3 Å². The number of anilines is 1. The van der Waals surface area contributed by atoms with E-state index in [1.165, 1.54) is 17.8 Å². The zero-order valence-corrected chi connectivity index (χ0v) is 16.1. The summed E-state index contributed by atoms with van der Waals surface area (Å²) in [5.74, 6) is -0.309. The second-order valence-electron chi connectivity index (χ2n) is 7.49. The van der Waals surface area contributed by atoms with E-state index in [9.17, 15) is 9.18 Å². The fourth-order valence-electron chi connectivity index (χ4n) is 3.87. The predicted molar refractivity (Wildman–Crippen MR) is 112 cm³/mol. The van der Waals surface area contributed by atoms with Crippen LogP contribution in [0.15, 0.2) is 60.3 Å². The van der Waals surface area contributed by atoms with E-state index in [-0.39, 0.29) is 19.3 Å². The van der Waals surface area contributed by atoms with Crippen LogP contribution in [0, 0.1) is 17.1 Å². The molecule has 0 bridgehead atoms. The van der Waals surface area contributed by atoms with Crippen molar-refractivity contribution in [3.05, 3.63) is 82.8 Å². The highest BCUT2D eigenvalue weighted by molar-refractivity contribution is 5.92. The van der Waals surface area contributed by atoms with Gasteiger partial charge in [-0.05, 0) is 59.2 Å². The maximum Gasteiger partial charge on any atom is 0.322 e. The number of hydrogen-bond donors (Lipinski definition) is 1. The largest absolute Gasteiger partial charge is 0.359 e. The number of fused-ring (bicyclic) bond motifs is 2. The number of nitriles is 1. The molecule has 1 N–H and O–H groups in total. The number of hydrogen-bond acceptors (Lipinski definition) is 4. The first-order valence-corrected chi connectivity index (χ1v) is 9.75. The summed E-state index contributed by atoms with van der Waals surface area (Å²) in [6, 6.07) is 14.1. The van der Waals surface area contributed by atoms with Gasteiger partial charge in [0.15, 0.2) is 0 Å². The summed E-state index contributed by atoms with van der Waals surface area (Å²) in [6.45, 7) is 1.68. The minimum atomic E-state index is -0.309. The van der Waals surface area contributed by atoms with Crippen molar-refractivity contribution in [2.75, 3.05) is 25.2 Å². The molecule has 2 aromatic rings. The Morgan fingerprint density at radius 2 is 2.10 bits per heavy atom. The molecule has 1 atom stereocenters. The number of carbonyl (C=O) groups is 1. The number of rotatable bonds is 6. The van der Waals surface area contributed by atoms with Crippen LogP contribution in [0.5, 0.6) is 0 Å². The lowest BCUT2D eigenvalue weighted by atomic mass is 10.1. The molecule has 7 heteroatoms. The molecular formula is C23H21FN4O2. The molecule has 3 aliphatic rings. The fraction of sp³-hybridized carbons (Fsp3) is 0.217. The number of carbonyl (C=O) groups excluding carboxylic acids is 1. The Bertz CT molecular complexity index is 1120. The van der Waals surface area contributed by atoms with Gasteiger partial charge in [0.2, 0.25) is 0 Å². The molecule has 2 aromatic carbocycles. The maximum absolute atomic E-state index is 13.4. The summed E-state index contributed by atoms with van der Waals surface area (Å²) in [5, 5.41) is 11.7. The van der Waals surface area contributed by atoms with E-state index in [0.29, 0.717) is 37.7 Å². The van der Waals surface area contributed by atoms with Crippen molar-refractivity contribution in [1.82, 2.24) is 9.80 Å². The number of nitrogens with one attached hydrogen (secondary N) is 1. The zero-order valence-electron chi connectivity index (χ0n) is 16.1. The van der Waals surface area contributed by atoms with Crippen LogP contribution >= 0.6 is 0 Å². The second kappa shape index (κ2) is 7.32. The molecule has 30 heavy (non-hydrogen) atoms. The zero-order chi connectivity index (χ0) is 20.7. The lowest BCUT2D eigenvalue weighted by molar-refractivity contribution is 0.0688. The Morgan fingerprint density at radius 3 is 2.83 bits per heavy atom. The SMILES string of the molecule is N#Cc1ccc(C2=C[C@H]3C(=C2)N3COCCN2Cc3cc(F)ccc3NC2=O)cc1.[HH]. The highest BCUT2D eigenvalue weighted by Gasteiger charge is 2.42. The fourth-order valence-corrected chi connectivity index (χ4v) is 3.87. The van der Waals surface area contributed by atoms with Crippen molar-refractivity contribution in [1.29, 1.82) is 5.26 Å². The summed E-state index contributed by atoms with van der Waals surface area (Å²) in [7, 11) is 0. The Labute approximate surface area is 174 Å². The van der Waals surface area contributed by atoms with E-state index in [0.717, 1.165) is 16.7 Å². The molecule has 1 aliphatic carbocycles. The summed E-state index contributed by atoms with van der Waals surface area (Å²) < 4.78 is 19.2. The third kappa shape index (κ3) is 3.42. The average molecular weight is 404 g/mol. The Morgan fingerprint density at radius 1 is 1.27 bits per heavy atom. The highest BCUT2D eigenvalue weighted by atomic mass is 19.1. The highest BCUT2D eigenvalue weighted by Crippen LogP contribution is 2.43. The van der Waals surface area contributed by atoms with Crippen LogP contribution in [0.25, 0.3) is 5.57 Å². The standard InChI is InChI=1S/C23H19FN4O2.H2/c24-19-5-6-20-18(9-19)13-27(23(29)26-20)7-8-30-14-28-21-10-17(11-22(21)28)16-3-1-15(12-25)2-4-16;/h1-6,9-11,21H,7-8,13-14H2,(H,26,29);1H/t21-,28?;/m0./s1. The smallest absolute Gasteiger partial charge is 0.322 e. The van der Waals surface area contributed by atoms with Gasteiger partial charge in [-0.1, -0.05) is 12.1 Å². The quantitative estimate of drug-likeness (QED) is 0.585. The van der Waals surface area contributed by atoms with Crippen LogP contribution in [-0.2, 0) is 11.3 Å². The number of amides is 2. The third-order valence-corrected chi connectivity index (χ3v) is 5.58. The number of halogens is 1. The molecule has 2 amide bonds. The van der Waals surface area contributed by atoms with Gasteiger partial charge in [0, 0.05) is 25.9 Å². The minimum absolute atomic E-state index is 0. The maximum atomic E-state index is 13.4. The predicted octanol–water partition coefficient (Wildman–Crippen LogP) is 3.93. The Balaban J connectivity index is 0.00000231. The van der Waals surface area contributed by atoms with Crippen molar-refractivity contribution in [2.45, 2.75) is 12.6 Å². The first-order valence-electron chi connectivity index (χ1n) is 9.75. The van der Waals surface area contributed by atoms with Gasteiger partial charge < -0.3 is 19.9 Å². The molecule has 152 valence electrons. The van der Waals surface area contributed by atoms with Crippen LogP contribution < -0.4 is 5.32 Å². The van der Waals surface area contributed by atoms with E-state index >= 15 is 0 Å². The monoisotopic (exact) mass is 404 g/mol. The number of nitrogens with zero attached hydrogens (tertiary/aromatic N) is 3. The van der Waals surface area contributed by atoms with Crippen LogP contribution in [0.4, 0.5) is 14.9 Å². The van der Waals surface area contributed by atoms with E-state index in [1.807, 2.05) is 24.3 Å². The van der Waals surface area contributed by atoms with Crippen molar-refractivity contribution < 1.29 is 15.3 Å². The number of allylic oxidation sites excluding steroid dienone is 2. The molecule has 0 aromatic heterocycles. The van der Waals surface area contributed by atoms with Crippen molar-refractivity contribution in [3.8, 4) is 6.07 Å². The molecule has 2 heterocycles. The molecule has 1 saturated heterocycles. The van der Waals surface area contributed by atoms with Crippen molar-refractivity contribution in [3.63, 3.8) is 0 Å². The van der Waals surface area contributed by atoms with Gasteiger partial charge in [0.1, 0.15) is 12.5 Å². The molecule has 2 aliphatic heterocycles. The van der Waals surface area contributed by atoms with Gasteiger partial charge in [-0.3, -0.25) is 0 Å². The lowest BCUT2D eigenvalue weighted by Gasteiger charge is -2.29. The summed E-state index contributed by atoms with van der Waals surface area (Å²) >= 11 is 0. The Hall–Kier alpha value is -3.63. The molecule has 0 saturated carbocycles. The minimum Gasteiger partial charge on any atom is -0.359 e. The van der Waals surface area contributed by atoms with Crippen LogP contribution in [-0.4, -0.2) is 41.8 Å². The van der Waals surface area contributed by atoms with E-state index < -0.39 is 0 Å². The number of benzene rings is 2. The van der Waals surface area contributed by atoms with E-state index in [4.69, 9.17) is 10.00 Å². The molecular weight excluding hydrogens is 383 g/mol. The molecule has 5 rings (SSSR count). The third-order valence-electron chi connectivity index (χ3n) is 5.58. The van der Waals surface area contributed by atoms with Crippen molar-refractivity contribution in [2.24, 2.45) is 0 Å². The number of ether oxygens (including phenoxy) is 1. The van der Waals surface area contributed by atoms with E-state index in [1.54, 1.807) is 11.0 Å². The number of urea groups is 1. The van der Waals surface area contributed by atoms with Crippen molar-refractivity contribution >= 4 is 17.3 Å². The van der Waals surface area contributed by atoms with Gasteiger partial charge in [-0.2, -0.15) is 5.26 Å². The molecule has 0 spiro atoms. The summed E-state index contributed by atoms with van der Waals surface area (Å²) in [6.07, 6.45) is 4.32. The molecule has 0 unspecified atom stereocenters. The van der Waals surface area contributed by atoms with E-state index in [2.05, 4.69) is 28.4 Å². The molecule has 0 radical (unpaired) electrons. The van der Waals surface area contributed by atoms with Crippen LogP contribution in [0.2, 0.25) is 0 Å². The first kappa shape index (κ1) is 18.4. The molecule has 6 nitrogen and oxygen atoms in total. The Kier molecular flexibility index (Phi) is 4.49. The first-order chi connectivity index (χ1) is 14.6. The second-order valence-corrected chi connectivity index (χ2v) is 7.49. The van der Waals surface area contributed by atoms with Gasteiger partial charge in [0.25, 0.3) is 0 Å². The van der Waals surface area contributed by atoms with Gasteiger partial charge >= 0.3 is 6.03 Å². The van der Waals surface area contributed by atoms with Gasteiger partial charge in [-0.25, -0.2) is 9.18 Å². The average Bonchev–Trinajstić information content (AvgIpc) is 3.20. The topological polar surface area (TPSA) is 68.4 Å². The lowest BCUT2D eigenvalue weighted by Crippen LogP contribution is -2.40. The summed E-state index contributed by atoms with van der Waals surface area (Å²) in [5.41, 5.74) is 5.55.